The molecule has 0 unspecified atom stereocenters. The van der Waals surface area contributed by atoms with Crippen LogP contribution in [0.5, 0.6) is 0 Å². The fraction of sp³-hybridized carbons (Fsp3) is 0.455. The smallest absolute Gasteiger partial charge is 0.171 e. The van der Waals surface area contributed by atoms with Gasteiger partial charge in [0.1, 0.15) is 5.82 Å². The Labute approximate surface area is 101 Å². The molecule has 17 heavy (non-hydrogen) atoms. The van der Waals surface area contributed by atoms with Gasteiger partial charge in [-0.2, -0.15) is 0 Å². The Balaban J connectivity index is 2.77. The lowest BCUT2D eigenvalue weighted by Crippen LogP contribution is -2.27. The molecule has 0 spiro atoms. The van der Waals surface area contributed by atoms with Gasteiger partial charge < -0.3 is 20.6 Å². The van der Waals surface area contributed by atoms with Crippen molar-refractivity contribution in [2.45, 2.75) is 6.92 Å². The zero-order chi connectivity index (χ0) is 12.7. The van der Waals surface area contributed by atoms with Gasteiger partial charge >= 0.3 is 0 Å². The van der Waals surface area contributed by atoms with E-state index in [0.29, 0.717) is 12.2 Å². The molecule has 0 aliphatic heterocycles. The Morgan fingerprint density at radius 1 is 1.59 bits per heavy atom. The Morgan fingerprint density at radius 3 is 2.82 bits per heavy atom. The molecule has 0 saturated heterocycles. The molecule has 6 heteroatoms. The van der Waals surface area contributed by atoms with E-state index in [1.54, 1.807) is 19.4 Å². The molecule has 0 aliphatic rings. The first-order valence-corrected chi connectivity index (χ1v) is 5.40. The number of oxime groups is 1. The van der Waals surface area contributed by atoms with Crippen molar-refractivity contribution in [3.05, 3.63) is 23.9 Å². The molecule has 0 amide bonds. The number of aromatic nitrogens is 1. The molecule has 94 valence electrons. The Hall–Kier alpha value is -1.82. The summed E-state index contributed by atoms with van der Waals surface area (Å²) in [5.41, 5.74) is 6.06. The van der Waals surface area contributed by atoms with Crippen LogP contribution >= 0.6 is 0 Å². The van der Waals surface area contributed by atoms with Gasteiger partial charge in [-0.1, -0.05) is 5.16 Å². The number of hydrogen-bond acceptors (Lipinski definition) is 5. The number of methoxy groups -OCH3 is 1. The zero-order valence-corrected chi connectivity index (χ0v) is 10.1. The molecule has 1 aromatic rings. The minimum Gasteiger partial charge on any atom is -0.409 e. The minimum absolute atomic E-state index is 0.0592. The van der Waals surface area contributed by atoms with Crippen molar-refractivity contribution in [3.8, 4) is 0 Å². The highest BCUT2D eigenvalue weighted by atomic mass is 16.5. The average Bonchev–Trinajstić information content (AvgIpc) is 2.39. The molecule has 0 aromatic carbocycles. The Kier molecular flexibility index (Phi) is 5.22. The summed E-state index contributed by atoms with van der Waals surface area (Å²) in [6.07, 6.45) is 1.58. The number of amidine groups is 1. The summed E-state index contributed by atoms with van der Waals surface area (Å²) in [4.78, 5) is 6.35. The summed E-state index contributed by atoms with van der Waals surface area (Å²) in [5, 5.41) is 11.5. The van der Waals surface area contributed by atoms with E-state index in [1.807, 2.05) is 6.07 Å². The minimum atomic E-state index is 0.0592. The maximum Gasteiger partial charge on any atom is 0.171 e. The topological polar surface area (TPSA) is 84.0 Å². The van der Waals surface area contributed by atoms with Crippen LogP contribution in [0.1, 0.15) is 12.5 Å². The van der Waals surface area contributed by atoms with Gasteiger partial charge in [-0.05, 0) is 19.1 Å². The van der Waals surface area contributed by atoms with E-state index in [4.69, 9.17) is 15.7 Å². The summed E-state index contributed by atoms with van der Waals surface area (Å²) >= 11 is 0. The summed E-state index contributed by atoms with van der Waals surface area (Å²) < 4.78 is 5.03. The van der Waals surface area contributed by atoms with Crippen LogP contribution in [0.15, 0.2) is 23.5 Å². The number of nitrogens with two attached hydrogens (primary N) is 1. The number of pyridine rings is 1. The van der Waals surface area contributed by atoms with E-state index in [1.165, 1.54) is 0 Å². The van der Waals surface area contributed by atoms with Gasteiger partial charge in [0.2, 0.25) is 0 Å². The number of anilines is 1. The molecule has 3 N–H and O–H groups in total. The summed E-state index contributed by atoms with van der Waals surface area (Å²) in [5.74, 6) is 0.906. The first-order chi connectivity index (χ1) is 8.22. The third-order valence-corrected chi connectivity index (χ3v) is 2.42. The highest BCUT2D eigenvalue weighted by Crippen LogP contribution is 2.10. The van der Waals surface area contributed by atoms with Crippen molar-refractivity contribution in [3.63, 3.8) is 0 Å². The molecule has 0 bridgehead atoms. The van der Waals surface area contributed by atoms with Crippen molar-refractivity contribution < 1.29 is 9.94 Å². The zero-order valence-electron chi connectivity index (χ0n) is 10.1. The summed E-state index contributed by atoms with van der Waals surface area (Å²) in [6, 6.07) is 3.61. The third-order valence-electron chi connectivity index (χ3n) is 2.42. The van der Waals surface area contributed by atoms with E-state index in [2.05, 4.69) is 22.0 Å². The molecule has 6 nitrogen and oxygen atoms in total. The Bertz CT molecular complexity index is 364. The fourth-order valence-electron chi connectivity index (χ4n) is 1.42. The van der Waals surface area contributed by atoms with Gasteiger partial charge in [0.25, 0.3) is 0 Å². The van der Waals surface area contributed by atoms with E-state index in [9.17, 15) is 0 Å². The van der Waals surface area contributed by atoms with Crippen LogP contribution in [0.3, 0.4) is 0 Å². The molecule has 1 rings (SSSR count). The highest BCUT2D eigenvalue weighted by Gasteiger charge is 2.06. The Morgan fingerprint density at radius 2 is 2.35 bits per heavy atom. The van der Waals surface area contributed by atoms with Gasteiger partial charge in [0.05, 0.1) is 6.61 Å². The molecule has 0 saturated carbocycles. The predicted molar refractivity (Wildman–Crippen MR) is 66.5 cm³/mol. The summed E-state index contributed by atoms with van der Waals surface area (Å²) in [6.45, 7) is 4.33. The second-order valence-electron chi connectivity index (χ2n) is 3.46. The van der Waals surface area contributed by atoms with Crippen molar-refractivity contribution in [1.29, 1.82) is 0 Å². The number of hydrogen-bond donors (Lipinski definition) is 2. The molecule has 0 atom stereocenters. The van der Waals surface area contributed by atoms with E-state index in [0.717, 1.165) is 18.9 Å². The number of rotatable bonds is 6. The van der Waals surface area contributed by atoms with Crippen molar-refractivity contribution in [2.75, 3.05) is 31.7 Å². The maximum absolute atomic E-state index is 8.54. The first-order valence-electron chi connectivity index (χ1n) is 5.40. The van der Waals surface area contributed by atoms with Gasteiger partial charge in [-0.3, -0.25) is 0 Å². The van der Waals surface area contributed by atoms with Crippen LogP contribution in [0, 0.1) is 0 Å². The van der Waals surface area contributed by atoms with Crippen LogP contribution in [0.25, 0.3) is 0 Å². The van der Waals surface area contributed by atoms with Crippen LogP contribution in [-0.2, 0) is 4.74 Å². The normalized spacial score (nSPS) is 11.5. The van der Waals surface area contributed by atoms with Crippen LogP contribution in [-0.4, -0.2) is 42.8 Å². The van der Waals surface area contributed by atoms with Gasteiger partial charge in [0.15, 0.2) is 5.84 Å². The average molecular weight is 238 g/mol. The lowest BCUT2D eigenvalue weighted by atomic mass is 10.2. The number of nitrogens with zero attached hydrogens (tertiary/aromatic N) is 3. The van der Waals surface area contributed by atoms with E-state index in [-0.39, 0.29) is 5.84 Å². The van der Waals surface area contributed by atoms with E-state index >= 15 is 0 Å². The van der Waals surface area contributed by atoms with Crippen molar-refractivity contribution in [2.24, 2.45) is 10.9 Å². The van der Waals surface area contributed by atoms with E-state index < -0.39 is 0 Å². The molecular formula is C11H18N4O2. The maximum atomic E-state index is 8.54. The molecule has 0 aliphatic carbocycles. The molecule has 1 aromatic heterocycles. The second kappa shape index (κ2) is 6.70. The monoisotopic (exact) mass is 238 g/mol. The molecule has 0 radical (unpaired) electrons. The largest absolute Gasteiger partial charge is 0.409 e. The van der Waals surface area contributed by atoms with Crippen molar-refractivity contribution >= 4 is 11.7 Å². The third kappa shape index (κ3) is 3.60. The van der Waals surface area contributed by atoms with Crippen molar-refractivity contribution in [1.82, 2.24) is 4.98 Å². The van der Waals surface area contributed by atoms with Gasteiger partial charge in [0, 0.05) is 32.0 Å². The summed E-state index contributed by atoms with van der Waals surface area (Å²) in [7, 11) is 1.67. The first kappa shape index (κ1) is 13.2. The highest BCUT2D eigenvalue weighted by molar-refractivity contribution is 5.96. The van der Waals surface area contributed by atoms with Crippen LogP contribution in [0.2, 0.25) is 0 Å². The lowest BCUT2D eigenvalue weighted by molar-refractivity contribution is 0.205. The quantitative estimate of drug-likeness (QED) is 0.329. The number of likely N-dealkylation sites (N-methyl/N-ethyl adjacent to an activating group) is 1. The standard InChI is InChI=1S/C11H18N4O2/c1-3-15(6-7-17-2)10-5-4-9(8-13-10)11(12)14-16/h4-5,8,16H,3,6-7H2,1-2H3,(H2,12,14). The lowest BCUT2D eigenvalue weighted by Gasteiger charge is -2.21. The fourth-order valence-corrected chi connectivity index (χ4v) is 1.42. The van der Waals surface area contributed by atoms with Gasteiger partial charge in [-0.25, -0.2) is 4.98 Å². The molecule has 1 heterocycles. The van der Waals surface area contributed by atoms with Crippen LogP contribution < -0.4 is 10.6 Å². The molecular weight excluding hydrogens is 220 g/mol. The van der Waals surface area contributed by atoms with Gasteiger partial charge in [-0.15, -0.1) is 0 Å². The number of ether oxygens (including phenoxy) is 1. The SMILES string of the molecule is CCN(CCOC)c1ccc(C(N)=NO)cn1. The second-order valence-corrected chi connectivity index (χ2v) is 3.46. The van der Waals surface area contributed by atoms with Crippen LogP contribution in [0.4, 0.5) is 5.82 Å². The molecule has 0 fully saturated rings. The predicted octanol–water partition coefficient (Wildman–Crippen LogP) is 0.649.